The number of piperidine rings is 1. The van der Waals surface area contributed by atoms with E-state index in [0.29, 0.717) is 42.0 Å². The molecule has 2 aromatic carbocycles. The fraction of sp³-hybridized carbons (Fsp3) is 0.375. The zero-order valence-corrected chi connectivity index (χ0v) is 19.0. The number of nitrogens with one attached hydrogen (secondary N) is 1. The highest BCUT2D eigenvalue weighted by Crippen LogP contribution is 2.30. The van der Waals surface area contributed by atoms with Gasteiger partial charge in [-0.25, -0.2) is 0 Å². The number of methoxy groups -OCH3 is 3. The molecule has 0 bridgehead atoms. The second-order valence-corrected chi connectivity index (χ2v) is 7.87. The molecule has 3 aromatic rings. The molecule has 1 atom stereocenters. The Morgan fingerprint density at radius 1 is 1.09 bits per heavy atom. The number of carbonyl (C=O) groups is 1. The zero-order chi connectivity index (χ0) is 23.2. The molecule has 0 saturated carbocycles. The first kappa shape index (κ1) is 22.6. The summed E-state index contributed by atoms with van der Waals surface area (Å²) < 4.78 is 21.3. The number of amides is 1. The third-order valence-corrected chi connectivity index (χ3v) is 5.72. The molecule has 1 N–H and O–H groups in total. The van der Waals surface area contributed by atoms with Crippen molar-refractivity contribution in [3.8, 4) is 28.6 Å². The molecule has 1 aliphatic heterocycles. The van der Waals surface area contributed by atoms with Gasteiger partial charge in [-0.15, -0.1) is 0 Å². The summed E-state index contributed by atoms with van der Waals surface area (Å²) in [7, 11) is 4.78. The van der Waals surface area contributed by atoms with Gasteiger partial charge in [-0.1, -0.05) is 5.16 Å². The van der Waals surface area contributed by atoms with Crippen molar-refractivity contribution in [2.24, 2.45) is 5.92 Å². The Hall–Kier alpha value is -3.59. The maximum atomic E-state index is 12.9. The molecule has 1 amide bonds. The van der Waals surface area contributed by atoms with E-state index in [1.54, 1.807) is 39.5 Å². The van der Waals surface area contributed by atoms with Gasteiger partial charge in [-0.05, 0) is 55.8 Å². The van der Waals surface area contributed by atoms with Crippen molar-refractivity contribution in [3.05, 3.63) is 48.4 Å². The maximum absolute atomic E-state index is 12.9. The highest BCUT2D eigenvalue weighted by Gasteiger charge is 2.27. The van der Waals surface area contributed by atoms with E-state index >= 15 is 0 Å². The van der Waals surface area contributed by atoms with Crippen molar-refractivity contribution in [1.82, 2.24) is 15.0 Å². The summed E-state index contributed by atoms with van der Waals surface area (Å²) in [5.41, 5.74) is 1.48. The van der Waals surface area contributed by atoms with Gasteiger partial charge in [0.2, 0.25) is 17.6 Å². The van der Waals surface area contributed by atoms with Crippen LogP contribution in [0.5, 0.6) is 17.2 Å². The van der Waals surface area contributed by atoms with Crippen LogP contribution < -0.4 is 19.5 Å². The smallest absolute Gasteiger partial charge is 0.241 e. The maximum Gasteiger partial charge on any atom is 0.241 e. The molecule has 174 valence electrons. The van der Waals surface area contributed by atoms with Crippen molar-refractivity contribution in [1.29, 1.82) is 0 Å². The Bertz CT molecular complexity index is 1080. The molecule has 1 saturated heterocycles. The largest absolute Gasteiger partial charge is 0.497 e. The average molecular weight is 453 g/mol. The SMILES string of the molecule is COc1ccc(-c2noc(CN3CCCC(C(=O)Nc4ccc(OC)cc4OC)C3)n2)cc1. The topological polar surface area (TPSA) is 99.0 Å². The normalized spacial score (nSPS) is 16.3. The van der Waals surface area contributed by atoms with Crippen LogP contribution >= 0.6 is 0 Å². The molecule has 0 spiro atoms. The summed E-state index contributed by atoms with van der Waals surface area (Å²) in [5.74, 6) is 2.88. The van der Waals surface area contributed by atoms with E-state index in [1.165, 1.54) is 0 Å². The second kappa shape index (κ2) is 10.4. The van der Waals surface area contributed by atoms with Gasteiger partial charge >= 0.3 is 0 Å². The quantitative estimate of drug-likeness (QED) is 0.553. The Balaban J connectivity index is 1.37. The number of aromatic nitrogens is 2. The van der Waals surface area contributed by atoms with Crippen LogP contribution in [-0.4, -0.2) is 55.4 Å². The van der Waals surface area contributed by atoms with Gasteiger partial charge < -0.3 is 24.1 Å². The monoisotopic (exact) mass is 452 g/mol. The van der Waals surface area contributed by atoms with E-state index in [1.807, 2.05) is 24.3 Å². The number of ether oxygens (including phenoxy) is 3. The summed E-state index contributed by atoms with van der Waals surface area (Å²) in [6, 6.07) is 12.8. The Labute approximate surface area is 192 Å². The molecule has 2 heterocycles. The minimum Gasteiger partial charge on any atom is -0.497 e. The van der Waals surface area contributed by atoms with E-state index in [4.69, 9.17) is 18.7 Å². The summed E-state index contributed by atoms with van der Waals surface area (Å²) in [5, 5.41) is 7.09. The first-order valence-electron chi connectivity index (χ1n) is 10.8. The highest BCUT2D eigenvalue weighted by atomic mass is 16.5. The molecule has 1 unspecified atom stereocenters. The summed E-state index contributed by atoms with van der Waals surface area (Å²) in [4.78, 5) is 19.6. The number of benzene rings is 2. The molecule has 1 fully saturated rings. The Kier molecular flexibility index (Phi) is 7.09. The van der Waals surface area contributed by atoms with Gasteiger partial charge in [-0.3, -0.25) is 9.69 Å². The first-order valence-corrected chi connectivity index (χ1v) is 10.8. The Morgan fingerprint density at radius 3 is 2.58 bits per heavy atom. The summed E-state index contributed by atoms with van der Waals surface area (Å²) in [6.07, 6.45) is 1.74. The van der Waals surface area contributed by atoms with E-state index in [-0.39, 0.29) is 11.8 Å². The standard InChI is InChI=1S/C24H28N4O5/c1-30-18-8-6-16(7-9-18)23-26-22(33-27-23)15-28-12-4-5-17(14-28)24(29)25-20-11-10-19(31-2)13-21(20)32-3/h6-11,13,17H,4-5,12,14-15H2,1-3H3,(H,25,29). The van der Waals surface area contributed by atoms with Gasteiger partial charge in [0, 0.05) is 18.2 Å². The van der Waals surface area contributed by atoms with Crippen LogP contribution in [0, 0.1) is 5.92 Å². The predicted molar refractivity (Wildman–Crippen MR) is 122 cm³/mol. The molecular formula is C24H28N4O5. The van der Waals surface area contributed by atoms with Gasteiger partial charge in [-0.2, -0.15) is 4.98 Å². The van der Waals surface area contributed by atoms with Crippen molar-refractivity contribution in [2.75, 3.05) is 39.7 Å². The predicted octanol–water partition coefficient (Wildman–Crippen LogP) is 3.61. The number of carbonyl (C=O) groups excluding carboxylic acids is 1. The molecule has 4 rings (SSSR count). The zero-order valence-electron chi connectivity index (χ0n) is 19.0. The number of hydrogen-bond acceptors (Lipinski definition) is 8. The van der Waals surface area contributed by atoms with Crippen LogP contribution in [0.15, 0.2) is 47.0 Å². The van der Waals surface area contributed by atoms with Gasteiger partial charge in [0.15, 0.2) is 0 Å². The number of hydrogen-bond donors (Lipinski definition) is 1. The van der Waals surface area contributed by atoms with E-state index in [9.17, 15) is 4.79 Å². The van der Waals surface area contributed by atoms with Crippen molar-refractivity contribution >= 4 is 11.6 Å². The lowest BCUT2D eigenvalue weighted by atomic mass is 9.97. The van der Waals surface area contributed by atoms with Crippen LogP contribution in [0.25, 0.3) is 11.4 Å². The summed E-state index contributed by atoms with van der Waals surface area (Å²) >= 11 is 0. The Morgan fingerprint density at radius 2 is 1.85 bits per heavy atom. The highest BCUT2D eigenvalue weighted by molar-refractivity contribution is 5.94. The number of nitrogens with zero attached hydrogens (tertiary/aromatic N) is 3. The second-order valence-electron chi connectivity index (χ2n) is 7.87. The minimum absolute atomic E-state index is 0.0346. The average Bonchev–Trinajstić information content (AvgIpc) is 3.32. The molecule has 33 heavy (non-hydrogen) atoms. The molecule has 0 aliphatic carbocycles. The fourth-order valence-electron chi connectivity index (χ4n) is 3.92. The van der Waals surface area contributed by atoms with E-state index in [2.05, 4.69) is 20.4 Å². The van der Waals surface area contributed by atoms with Crippen LogP contribution in [0.1, 0.15) is 18.7 Å². The van der Waals surface area contributed by atoms with Crippen LogP contribution in [-0.2, 0) is 11.3 Å². The lowest BCUT2D eigenvalue weighted by Crippen LogP contribution is -2.40. The van der Waals surface area contributed by atoms with Gasteiger partial charge in [0.1, 0.15) is 17.2 Å². The molecule has 1 aliphatic rings. The van der Waals surface area contributed by atoms with E-state index in [0.717, 1.165) is 30.7 Å². The van der Waals surface area contributed by atoms with E-state index < -0.39 is 0 Å². The number of rotatable bonds is 8. The molecule has 9 heteroatoms. The third kappa shape index (κ3) is 5.43. The van der Waals surface area contributed by atoms with Crippen molar-refractivity contribution in [2.45, 2.75) is 19.4 Å². The lowest BCUT2D eigenvalue weighted by molar-refractivity contribution is -0.121. The van der Waals surface area contributed by atoms with Crippen molar-refractivity contribution < 1.29 is 23.5 Å². The summed E-state index contributed by atoms with van der Waals surface area (Å²) in [6.45, 7) is 1.99. The lowest BCUT2D eigenvalue weighted by Gasteiger charge is -2.31. The van der Waals surface area contributed by atoms with Crippen LogP contribution in [0.3, 0.4) is 0 Å². The minimum atomic E-state index is -0.144. The third-order valence-electron chi connectivity index (χ3n) is 5.72. The first-order chi connectivity index (χ1) is 16.1. The molecule has 1 aromatic heterocycles. The molecule has 9 nitrogen and oxygen atoms in total. The van der Waals surface area contributed by atoms with Crippen molar-refractivity contribution in [3.63, 3.8) is 0 Å². The molecular weight excluding hydrogens is 424 g/mol. The number of likely N-dealkylation sites (tertiary alicyclic amines) is 1. The van der Waals surface area contributed by atoms with Gasteiger partial charge in [0.25, 0.3) is 0 Å². The van der Waals surface area contributed by atoms with Crippen LogP contribution in [0.4, 0.5) is 5.69 Å². The molecule has 0 radical (unpaired) electrons. The van der Waals surface area contributed by atoms with Gasteiger partial charge in [0.05, 0.1) is 39.5 Å². The number of anilines is 1. The fourth-order valence-corrected chi connectivity index (χ4v) is 3.92. The van der Waals surface area contributed by atoms with Crippen LogP contribution in [0.2, 0.25) is 0 Å².